The minimum absolute atomic E-state index is 0.153. The summed E-state index contributed by atoms with van der Waals surface area (Å²) in [5.74, 6) is -0.769. The Bertz CT molecular complexity index is 744. The van der Waals surface area contributed by atoms with Crippen LogP contribution in [0.5, 0.6) is 0 Å². The maximum absolute atomic E-state index is 10.7. The molecule has 3 rings (SSSR count). The summed E-state index contributed by atoms with van der Waals surface area (Å²) in [6, 6.07) is 28.5. The van der Waals surface area contributed by atoms with Crippen LogP contribution in [0.3, 0.4) is 0 Å². The number of para-hydroxylation sites is 2. The molecule has 0 fully saturated rings. The molecule has 0 aliphatic carbocycles. The number of rotatable bonds is 6. The second-order valence-corrected chi connectivity index (χ2v) is 5.57. The van der Waals surface area contributed by atoms with Crippen molar-refractivity contribution in [2.75, 3.05) is 4.90 Å². The summed E-state index contributed by atoms with van der Waals surface area (Å²) in [6.07, 6.45) is 0.701. The molecule has 0 aromatic heterocycles. The smallest absolute Gasteiger partial charge is 0.303 e. The highest BCUT2D eigenvalue weighted by molar-refractivity contribution is 5.76. The van der Waals surface area contributed by atoms with Gasteiger partial charge in [-0.25, -0.2) is 0 Å². The monoisotopic (exact) mass is 317 g/mol. The number of nitrogens with zero attached hydrogens (tertiary/aromatic N) is 1. The molecule has 24 heavy (non-hydrogen) atoms. The van der Waals surface area contributed by atoms with Gasteiger partial charge in [0, 0.05) is 23.5 Å². The van der Waals surface area contributed by atoms with Crippen LogP contribution in [0.1, 0.15) is 12.0 Å². The Morgan fingerprint density at radius 2 is 1.17 bits per heavy atom. The van der Waals surface area contributed by atoms with E-state index in [1.807, 2.05) is 60.7 Å². The van der Waals surface area contributed by atoms with Gasteiger partial charge in [-0.2, -0.15) is 0 Å². The van der Waals surface area contributed by atoms with E-state index in [0.717, 1.165) is 22.6 Å². The van der Waals surface area contributed by atoms with Crippen molar-refractivity contribution in [3.05, 3.63) is 90.5 Å². The second kappa shape index (κ2) is 7.47. The summed E-state index contributed by atoms with van der Waals surface area (Å²) in [5, 5.41) is 8.81. The molecule has 3 heteroatoms. The number of aryl methyl sites for hydroxylation is 1. The van der Waals surface area contributed by atoms with Crippen molar-refractivity contribution in [3.8, 4) is 0 Å². The molecule has 0 saturated heterocycles. The predicted octanol–water partition coefficient (Wildman–Crippen LogP) is 5.17. The van der Waals surface area contributed by atoms with E-state index in [2.05, 4.69) is 29.2 Å². The average Bonchev–Trinajstić information content (AvgIpc) is 2.63. The number of benzene rings is 3. The quantitative estimate of drug-likeness (QED) is 0.681. The standard InChI is InChI=1S/C21H19NO2/c23-21(24)16-13-17-11-14-20(15-12-17)22(18-7-3-1-4-8-18)19-9-5-2-6-10-19/h1-12,14-15H,13,16H2,(H,23,24). The molecule has 0 aliphatic rings. The third-order valence-electron chi connectivity index (χ3n) is 3.85. The van der Waals surface area contributed by atoms with Crippen LogP contribution in [-0.2, 0) is 11.2 Å². The number of hydrogen-bond acceptors (Lipinski definition) is 2. The third kappa shape index (κ3) is 3.82. The van der Waals surface area contributed by atoms with E-state index < -0.39 is 5.97 Å². The highest BCUT2D eigenvalue weighted by Gasteiger charge is 2.11. The van der Waals surface area contributed by atoms with Crippen molar-refractivity contribution in [1.82, 2.24) is 0 Å². The van der Waals surface area contributed by atoms with Crippen LogP contribution in [0, 0.1) is 0 Å². The van der Waals surface area contributed by atoms with Crippen molar-refractivity contribution in [3.63, 3.8) is 0 Å². The summed E-state index contributed by atoms with van der Waals surface area (Å²) in [7, 11) is 0. The first kappa shape index (κ1) is 15.8. The van der Waals surface area contributed by atoms with Gasteiger partial charge in [-0.3, -0.25) is 4.79 Å². The van der Waals surface area contributed by atoms with E-state index in [4.69, 9.17) is 5.11 Å². The molecule has 0 spiro atoms. The molecule has 120 valence electrons. The normalized spacial score (nSPS) is 10.3. The topological polar surface area (TPSA) is 40.5 Å². The van der Waals surface area contributed by atoms with Crippen molar-refractivity contribution in [1.29, 1.82) is 0 Å². The summed E-state index contributed by atoms with van der Waals surface area (Å²) >= 11 is 0. The van der Waals surface area contributed by atoms with E-state index in [1.165, 1.54) is 0 Å². The number of carboxylic acid groups (broad SMARTS) is 1. The first-order valence-corrected chi connectivity index (χ1v) is 7.95. The van der Waals surface area contributed by atoms with Crippen molar-refractivity contribution in [2.45, 2.75) is 12.8 Å². The Morgan fingerprint density at radius 1 is 0.708 bits per heavy atom. The highest BCUT2D eigenvalue weighted by atomic mass is 16.4. The van der Waals surface area contributed by atoms with Crippen molar-refractivity contribution >= 4 is 23.0 Å². The lowest BCUT2D eigenvalue weighted by Crippen LogP contribution is -2.09. The minimum atomic E-state index is -0.769. The fraction of sp³-hybridized carbons (Fsp3) is 0.0952. The van der Waals surface area contributed by atoms with Gasteiger partial charge >= 0.3 is 5.97 Å². The third-order valence-corrected chi connectivity index (χ3v) is 3.85. The number of carboxylic acids is 1. The van der Waals surface area contributed by atoms with Crippen molar-refractivity contribution < 1.29 is 9.90 Å². The van der Waals surface area contributed by atoms with E-state index in [0.29, 0.717) is 6.42 Å². The molecule has 0 atom stereocenters. The Labute approximate surface area is 141 Å². The van der Waals surface area contributed by atoms with Crippen LogP contribution in [-0.4, -0.2) is 11.1 Å². The lowest BCUT2D eigenvalue weighted by Gasteiger charge is -2.25. The second-order valence-electron chi connectivity index (χ2n) is 5.57. The van der Waals surface area contributed by atoms with E-state index in [-0.39, 0.29) is 6.42 Å². The van der Waals surface area contributed by atoms with Crippen LogP contribution in [0.2, 0.25) is 0 Å². The van der Waals surface area contributed by atoms with E-state index in [9.17, 15) is 4.79 Å². The average molecular weight is 317 g/mol. The molecule has 3 aromatic carbocycles. The van der Waals surface area contributed by atoms with Gasteiger partial charge in [0.05, 0.1) is 0 Å². The van der Waals surface area contributed by atoms with Gasteiger partial charge in [0.15, 0.2) is 0 Å². The predicted molar refractivity (Wildman–Crippen MR) is 97.1 cm³/mol. The number of aliphatic carboxylic acids is 1. The Hall–Kier alpha value is -3.07. The zero-order valence-electron chi connectivity index (χ0n) is 13.3. The van der Waals surface area contributed by atoms with E-state index in [1.54, 1.807) is 0 Å². The summed E-state index contributed by atoms with van der Waals surface area (Å²) in [6.45, 7) is 0. The molecular weight excluding hydrogens is 298 g/mol. The molecule has 3 aromatic rings. The highest BCUT2D eigenvalue weighted by Crippen LogP contribution is 2.34. The first-order valence-electron chi connectivity index (χ1n) is 7.95. The summed E-state index contributed by atoms with van der Waals surface area (Å²) < 4.78 is 0. The first-order chi connectivity index (χ1) is 11.7. The summed E-state index contributed by atoms with van der Waals surface area (Å²) in [4.78, 5) is 12.9. The van der Waals surface area contributed by atoms with Gasteiger partial charge in [0.2, 0.25) is 0 Å². The van der Waals surface area contributed by atoms with Gasteiger partial charge in [0.25, 0.3) is 0 Å². The van der Waals surface area contributed by atoms with Crippen LogP contribution >= 0.6 is 0 Å². The van der Waals surface area contributed by atoms with E-state index >= 15 is 0 Å². The molecule has 1 N–H and O–H groups in total. The maximum atomic E-state index is 10.7. The lowest BCUT2D eigenvalue weighted by molar-refractivity contribution is -0.136. The molecule has 0 radical (unpaired) electrons. The molecule has 0 heterocycles. The van der Waals surface area contributed by atoms with Crippen LogP contribution in [0.4, 0.5) is 17.1 Å². The summed E-state index contributed by atoms with van der Waals surface area (Å²) in [5.41, 5.74) is 4.25. The Balaban J connectivity index is 1.93. The fourth-order valence-electron chi connectivity index (χ4n) is 2.66. The Kier molecular flexibility index (Phi) is 4.92. The maximum Gasteiger partial charge on any atom is 0.303 e. The fourth-order valence-corrected chi connectivity index (χ4v) is 2.66. The number of anilines is 3. The molecular formula is C21H19NO2. The molecule has 0 aliphatic heterocycles. The van der Waals surface area contributed by atoms with Gasteiger partial charge in [-0.1, -0.05) is 48.5 Å². The van der Waals surface area contributed by atoms with Crippen LogP contribution in [0.25, 0.3) is 0 Å². The van der Waals surface area contributed by atoms with Gasteiger partial charge in [-0.15, -0.1) is 0 Å². The van der Waals surface area contributed by atoms with Crippen LogP contribution in [0.15, 0.2) is 84.9 Å². The molecule has 0 saturated carbocycles. The van der Waals surface area contributed by atoms with Gasteiger partial charge < -0.3 is 10.0 Å². The minimum Gasteiger partial charge on any atom is -0.481 e. The number of carbonyl (C=O) groups is 1. The number of hydrogen-bond donors (Lipinski definition) is 1. The molecule has 3 nitrogen and oxygen atoms in total. The Morgan fingerprint density at radius 3 is 1.62 bits per heavy atom. The SMILES string of the molecule is O=C(O)CCc1ccc(N(c2ccccc2)c2ccccc2)cc1. The van der Waals surface area contributed by atoms with Crippen molar-refractivity contribution in [2.24, 2.45) is 0 Å². The van der Waals surface area contributed by atoms with Gasteiger partial charge in [-0.05, 0) is 48.4 Å². The molecule has 0 bridgehead atoms. The lowest BCUT2D eigenvalue weighted by atomic mass is 10.1. The molecule has 0 unspecified atom stereocenters. The molecule has 0 amide bonds. The van der Waals surface area contributed by atoms with Gasteiger partial charge in [0.1, 0.15) is 0 Å². The zero-order valence-corrected chi connectivity index (χ0v) is 13.3. The van der Waals surface area contributed by atoms with Crippen LogP contribution < -0.4 is 4.90 Å². The zero-order chi connectivity index (χ0) is 16.8. The largest absolute Gasteiger partial charge is 0.481 e.